The van der Waals surface area contributed by atoms with Crippen molar-refractivity contribution in [1.29, 1.82) is 0 Å². The molecule has 0 fully saturated rings. The maximum atomic E-state index is 7.01. The van der Waals surface area contributed by atoms with E-state index in [0.29, 0.717) is 17.5 Å². The number of rotatable bonds is 14. The fourth-order valence-electron chi connectivity index (χ4n) is 7.75. The molecule has 0 spiro atoms. The molecule has 0 aliphatic heterocycles. The van der Waals surface area contributed by atoms with Crippen LogP contribution in [0, 0.1) is 0 Å². The van der Waals surface area contributed by atoms with Crippen molar-refractivity contribution in [2.75, 3.05) is 7.11 Å². The summed E-state index contributed by atoms with van der Waals surface area (Å²) in [5.41, 5.74) is 7.69. The van der Waals surface area contributed by atoms with Gasteiger partial charge in [0.2, 0.25) is 0 Å². The molecule has 56 heavy (non-hydrogen) atoms. The Labute approximate surface area is 332 Å². The molecule has 9 heteroatoms. The van der Waals surface area contributed by atoms with Gasteiger partial charge in [-0.15, -0.1) is 5.10 Å². The third kappa shape index (κ3) is 6.94. The van der Waals surface area contributed by atoms with Crippen LogP contribution in [0.3, 0.4) is 0 Å². The first kappa shape index (κ1) is 36.7. The number of aromatic nitrogens is 7. The van der Waals surface area contributed by atoms with Crippen molar-refractivity contribution in [1.82, 2.24) is 34.7 Å². The van der Waals surface area contributed by atoms with Crippen molar-refractivity contribution in [2.45, 2.75) is 44.4 Å². The largest absolute Gasteiger partial charge is 0.369 e. The zero-order valence-corrected chi connectivity index (χ0v) is 32.2. The van der Waals surface area contributed by atoms with Crippen LogP contribution in [0.4, 0.5) is 0 Å². The summed E-state index contributed by atoms with van der Waals surface area (Å²) in [6.45, 7) is 2.67. The van der Waals surface area contributed by atoms with Crippen LogP contribution < -0.4 is 0 Å². The van der Waals surface area contributed by atoms with E-state index in [1.165, 1.54) is 0 Å². The Morgan fingerprint density at radius 1 is 0.714 bits per heavy atom. The molecule has 0 radical (unpaired) electrons. The second kappa shape index (κ2) is 16.7. The van der Waals surface area contributed by atoms with E-state index in [-0.39, 0.29) is 0 Å². The number of halogens is 1. The highest BCUT2D eigenvalue weighted by Gasteiger charge is 2.42. The summed E-state index contributed by atoms with van der Waals surface area (Å²) in [5.74, 6) is 1.53. The second-order valence-corrected chi connectivity index (χ2v) is 14.1. The van der Waals surface area contributed by atoms with Crippen LogP contribution in [0.15, 0.2) is 164 Å². The molecule has 0 saturated carbocycles. The molecule has 8 aromatic rings. The fraction of sp³-hybridized carbons (Fsp3) is 0.170. The number of tetrazole rings is 1. The molecule has 0 aliphatic rings. The lowest BCUT2D eigenvalue weighted by Crippen LogP contribution is -2.39. The van der Waals surface area contributed by atoms with E-state index >= 15 is 0 Å². The fourth-order valence-corrected chi connectivity index (χ4v) is 8.05. The minimum atomic E-state index is -0.917. The molecule has 5 aromatic carbocycles. The van der Waals surface area contributed by atoms with Gasteiger partial charge in [0.1, 0.15) is 17.5 Å². The van der Waals surface area contributed by atoms with Crippen LogP contribution in [0.25, 0.3) is 22.5 Å². The number of hydrogen-bond acceptors (Lipinski definition) is 6. The molecule has 0 aliphatic carbocycles. The summed E-state index contributed by atoms with van der Waals surface area (Å²) in [6.07, 6.45) is 4.04. The summed E-state index contributed by atoms with van der Waals surface area (Å²) < 4.78 is 10.3. The molecule has 3 aromatic heterocycles. The van der Waals surface area contributed by atoms with Gasteiger partial charge in [0, 0.05) is 31.8 Å². The molecular formula is C47H42ClN7O. The number of benzene rings is 5. The lowest BCUT2D eigenvalue weighted by molar-refractivity contribution is 0.126. The number of methoxy groups -OCH3 is 1. The van der Waals surface area contributed by atoms with Gasteiger partial charge in [-0.3, -0.25) is 4.98 Å². The van der Waals surface area contributed by atoms with Crippen molar-refractivity contribution in [2.24, 2.45) is 0 Å². The maximum absolute atomic E-state index is 7.01. The van der Waals surface area contributed by atoms with Crippen LogP contribution >= 0.6 is 11.6 Å². The standard InChI is InChI=1S/C47H42ClN7O/c1-3-4-28-42-50-45(48)43(44(56-2)41-27-17-18-31-49-41)54(42)33-34-29-30-39(35-19-9-5-10-20-35)40(32-34)46-51-52-53-55(46)47(36-21-11-6-12-22-36,37-23-13-7-14-24-37)38-25-15-8-16-26-38/h5-27,29-32,44H,3-4,28,33H2,1-2H3. The molecule has 1 atom stereocenters. The molecule has 278 valence electrons. The quantitative estimate of drug-likeness (QED) is 0.103. The van der Waals surface area contributed by atoms with Crippen LogP contribution in [-0.4, -0.2) is 41.9 Å². The van der Waals surface area contributed by atoms with E-state index in [9.17, 15) is 0 Å². The SMILES string of the molecule is CCCCc1nc(Cl)c(C(OC)c2ccccn2)n1Cc1ccc(-c2ccccc2)c(-c2nnnn2C(c2ccccc2)(c2ccccc2)c2ccccc2)c1. The number of aryl methyl sites for hydroxylation is 1. The third-order valence-corrected chi connectivity index (χ3v) is 10.6. The number of nitrogens with zero attached hydrogens (tertiary/aromatic N) is 7. The highest BCUT2D eigenvalue weighted by Crippen LogP contribution is 2.44. The number of imidazole rings is 1. The average molecular weight is 756 g/mol. The lowest BCUT2D eigenvalue weighted by atomic mass is 9.77. The van der Waals surface area contributed by atoms with Gasteiger partial charge in [-0.25, -0.2) is 9.67 Å². The first-order chi connectivity index (χ1) is 27.6. The first-order valence-electron chi connectivity index (χ1n) is 19.0. The van der Waals surface area contributed by atoms with Gasteiger partial charge in [0.15, 0.2) is 11.0 Å². The summed E-state index contributed by atoms with van der Waals surface area (Å²) in [6, 6.07) is 54.2. The molecule has 1 unspecified atom stereocenters. The van der Waals surface area contributed by atoms with Crippen molar-refractivity contribution in [3.8, 4) is 22.5 Å². The Kier molecular flexibility index (Phi) is 10.9. The Morgan fingerprint density at radius 3 is 1.89 bits per heavy atom. The van der Waals surface area contributed by atoms with Crippen LogP contribution in [0.2, 0.25) is 5.15 Å². The van der Waals surface area contributed by atoms with E-state index in [1.807, 2.05) is 47.1 Å². The molecule has 3 heterocycles. The van der Waals surface area contributed by atoms with Crippen LogP contribution in [0.5, 0.6) is 0 Å². The van der Waals surface area contributed by atoms with E-state index in [2.05, 4.69) is 137 Å². The van der Waals surface area contributed by atoms with Crippen molar-refractivity contribution >= 4 is 11.6 Å². The number of hydrogen-bond donors (Lipinski definition) is 0. The van der Waals surface area contributed by atoms with Crippen molar-refractivity contribution in [3.05, 3.63) is 209 Å². The van der Waals surface area contributed by atoms with Crippen LogP contribution in [-0.2, 0) is 23.2 Å². The Hall–Kier alpha value is -6.22. The smallest absolute Gasteiger partial charge is 0.184 e. The third-order valence-electron chi connectivity index (χ3n) is 10.3. The summed E-state index contributed by atoms with van der Waals surface area (Å²) in [5, 5.41) is 14.6. The minimum absolute atomic E-state index is 0.414. The zero-order valence-electron chi connectivity index (χ0n) is 31.4. The predicted octanol–water partition coefficient (Wildman–Crippen LogP) is 10.2. The Balaban J connectivity index is 1.36. The van der Waals surface area contributed by atoms with Crippen LogP contribution in [0.1, 0.15) is 65.3 Å². The van der Waals surface area contributed by atoms with E-state index < -0.39 is 11.6 Å². The summed E-state index contributed by atoms with van der Waals surface area (Å²) in [4.78, 5) is 9.55. The second-order valence-electron chi connectivity index (χ2n) is 13.7. The average Bonchev–Trinajstić information content (AvgIpc) is 3.87. The summed E-state index contributed by atoms with van der Waals surface area (Å²) in [7, 11) is 1.68. The molecule has 8 rings (SSSR count). The van der Waals surface area contributed by atoms with Gasteiger partial charge in [-0.05, 0) is 68.4 Å². The maximum Gasteiger partial charge on any atom is 0.184 e. The number of pyridine rings is 1. The van der Waals surface area contributed by atoms with Gasteiger partial charge in [-0.2, -0.15) is 0 Å². The Bertz CT molecular complexity index is 2390. The van der Waals surface area contributed by atoms with Gasteiger partial charge in [-0.1, -0.05) is 164 Å². The molecule has 8 nitrogen and oxygen atoms in total. The van der Waals surface area contributed by atoms with E-state index in [1.54, 1.807) is 13.3 Å². The highest BCUT2D eigenvalue weighted by molar-refractivity contribution is 6.30. The molecule has 0 N–H and O–H groups in total. The van der Waals surface area contributed by atoms with Crippen molar-refractivity contribution in [3.63, 3.8) is 0 Å². The Morgan fingerprint density at radius 2 is 1.32 bits per heavy atom. The molecular weight excluding hydrogens is 714 g/mol. The highest BCUT2D eigenvalue weighted by atomic mass is 35.5. The predicted molar refractivity (Wildman–Crippen MR) is 221 cm³/mol. The summed E-state index contributed by atoms with van der Waals surface area (Å²) >= 11 is 7.01. The van der Waals surface area contributed by atoms with Gasteiger partial charge in [0.25, 0.3) is 0 Å². The zero-order chi connectivity index (χ0) is 38.3. The topological polar surface area (TPSA) is 83.5 Å². The number of ether oxygens (including phenoxy) is 1. The molecule has 0 amide bonds. The first-order valence-corrected chi connectivity index (χ1v) is 19.3. The van der Waals surface area contributed by atoms with Gasteiger partial charge < -0.3 is 9.30 Å². The lowest BCUT2D eigenvalue weighted by Gasteiger charge is -2.36. The van der Waals surface area contributed by atoms with E-state index in [4.69, 9.17) is 31.6 Å². The minimum Gasteiger partial charge on any atom is -0.369 e. The van der Waals surface area contributed by atoms with Gasteiger partial charge >= 0.3 is 0 Å². The van der Waals surface area contributed by atoms with Gasteiger partial charge in [0.05, 0.1) is 11.4 Å². The van der Waals surface area contributed by atoms with Crippen molar-refractivity contribution < 1.29 is 4.74 Å². The normalized spacial score (nSPS) is 12.1. The number of unbranched alkanes of at least 4 members (excludes halogenated alkanes) is 1. The molecule has 0 saturated heterocycles. The monoisotopic (exact) mass is 755 g/mol. The van der Waals surface area contributed by atoms with E-state index in [0.717, 1.165) is 75.4 Å². The molecule has 0 bridgehead atoms.